The van der Waals surface area contributed by atoms with Crippen LogP contribution in [0.5, 0.6) is 0 Å². The van der Waals surface area contributed by atoms with E-state index < -0.39 is 0 Å². The van der Waals surface area contributed by atoms with E-state index in [0.717, 1.165) is 45.3 Å². The van der Waals surface area contributed by atoms with Gasteiger partial charge in [0, 0.05) is 19.2 Å². The summed E-state index contributed by atoms with van der Waals surface area (Å²) in [7, 11) is 0. The number of fused-ring (bicyclic) bond motifs is 1. The average molecular weight is 372 g/mol. The third-order valence-corrected chi connectivity index (χ3v) is 5.90. The van der Waals surface area contributed by atoms with Crippen molar-refractivity contribution in [3.63, 3.8) is 0 Å². The van der Waals surface area contributed by atoms with Crippen molar-refractivity contribution >= 4 is 16.8 Å². The van der Waals surface area contributed by atoms with Crippen LogP contribution < -0.4 is 10.9 Å². The minimum Gasteiger partial charge on any atom is -0.355 e. The van der Waals surface area contributed by atoms with Gasteiger partial charge in [-0.2, -0.15) is 0 Å². The molecule has 3 heterocycles. The molecule has 1 unspecified atom stereocenters. The number of hydrogen-bond donors (Lipinski definition) is 1. The van der Waals surface area contributed by atoms with Crippen LogP contribution in [-0.4, -0.2) is 46.0 Å². The summed E-state index contributed by atoms with van der Waals surface area (Å²) in [5, 5.41) is 3.41. The first-order valence-electron chi connectivity index (χ1n) is 9.71. The van der Waals surface area contributed by atoms with Gasteiger partial charge in [-0.3, -0.25) is 19.1 Å². The molecule has 1 aromatic heterocycles. The van der Waals surface area contributed by atoms with E-state index in [1.165, 1.54) is 18.2 Å². The highest BCUT2D eigenvalue weighted by molar-refractivity contribution is 5.82. The first-order valence-corrected chi connectivity index (χ1v) is 9.71. The number of aryl methyl sites for hydroxylation is 1. The SMILES string of the molecule is Cc1nc2cc(F)ccc2c(=O)n1CC1CCN(C2CCCNC2=O)CC1. The molecule has 0 spiro atoms. The topological polar surface area (TPSA) is 67.2 Å². The zero-order chi connectivity index (χ0) is 19.0. The van der Waals surface area contributed by atoms with Gasteiger partial charge in [0.1, 0.15) is 11.6 Å². The van der Waals surface area contributed by atoms with E-state index in [-0.39, 0.29) is 23.3 Å². The number of aromatic nitrogens is 2. The molecule has 1 atom stereocenters. The van der Waals surface area contributed by atoms with Gasteiger partial charge in [-0.25, -0.2) is 9.37 Å². The van der Waals surface area contributed by atoms with Crippen molar-refractivity contribution in [3.05, 3.63) is 40.2 Å². The first-order chi connectivity index (χ1) is 13.0. The highest BCUT2D eigenvalue weighted by Gasteiger charge is 2.31. The largest absolute Gasteiger partial charge is 0.355 e. The number of piperidine rings is 2. The number of nitrogens with one attached hydrogen (secondary N) is 1. The molecule has 2 aliphatic rings. The number of amides is 1. The number of likely N-dealkylation sites (tertiary alicyclic amines) is 1. The molecule has 1 N–H and O–H groups in total. The number of hydrogen-bond acceptors (Lipinski definition) is 4. The van der Waals surface area contributed by atoms with E-state index >= 15 is 0 Å². The van der Waals surface area contributed by atoms with Gasteiger partial charge < -0.3 is 5.32 Å². The van der Waals surface area contributed by atoms with Crippen LogP contribution in [-0.2, 0) is 11.3 Å². The van der Waals surface area contributed by atoms with E-state index in [4.69, 9.17) is 0 Å². The fraction of sp³-hybridized carbons (Fsp3) is 0.550. The van der Waals surface area contributed by atoms with Crippen molar-refractivity contribution in [2.45, 2.75) is 45.2 Å². The molecule has 6 nitrogen and oxygen atoms in total. The molecule has 2 aromatic rings. The number of halogens is 1. The Bertz CT molecular complexity index is 918. The molecule has 4 rings (SSSR count). The third-order valence-electron chi connectivity index (χ3n) is 5.90. The first kappa shape index (κ1) is 18.1. The minimum atomic E-state index is -0.384. The van der Waals surface area contributed by atoms with Crippen LogP contribution in [0.1, 0.15) is 31.5 Å². The zero-order valence-electron chi connectivity index (χ0n) is 15.6. The van der Waals surface area contributed by atoms with Gasteiger partial charge in [-0.05, 0) is 63.7 Å². The Morgan fingerprint density at radius 1 is 1.22 bits per heavy atom. The van der Waals surface area contributed by atoms with Crippen molar-refractivity contribution in [3.8, 4) is 0 Å². The quantitative estimate of drug-likeness (QED) is 0.893. The Morgan fingerprint density at radius 3 is 2.74 bits per heavy atom. The molecular formula is C20H25FN4O2. The lowest BCUT2D eigenvalue weighted by molar-refractivity contribution is -0.128. The second-order valence-electron chi connectivity index (χ2n) is 7.66. The van der Waals surface area contributed by atoms with Gasteiger partial charge in [0.15, 0.2) is 0 Å². The lowest BCUT2D eigenvalue weighted by Gasteiger charge is -2.38. The molecule has 2 aliphatic heterocycles. The molecule has 27 heavy (non-hydrogen) atoms. The van der Waals surface area contributed by atoms with Gasteiger partial charge in [-0.15, -0.1) is 0 Å². The number of nitrogens with zero attached hydrogens (tertiary/aromatic N) is 3. The van der Waals surface area contributed by atoms with Gasteiger partial charge in [0.25, 0.3) is 5.56 Å². The monoisotopic (exact) mass is 372 g/mol. The maximum Gasteiger partial charge on any atom is 0.261 e. The molecule has 2 fully saturated rings. The second kappa shape index (κ2) is 7.38. The summed E-state index contributed by atoms with van der Waals surface area (Å²) in [5.41, 5.74) is 0.304. The summed E-state index contributed by atoms with van der Waals surface area (Å²) in [6.45, 7) is 4.96. The molecule has 2 saturated heterocycles. The van der Waals surface area contributed by atoms with Crippen molar-refractivity contribution in [1.82, 2.24) is 19.8 Å². The molecular weight excluding hydrogens is 347 g/mol. The van der Waals surface area contributed by atoms with Crippen LogP contribution >= 0.6 is 0 Å². The lowest BCUT2D eigenvalue weighted by atomic mass is 9.93. The maximum absolute atomic E-state index is 13.4. The van der Waals surface area contributed by atoms with Gasteiger partial charge >= 0.3 is 0 Å². The Balaban J connectivity index is 1.47. The summed E-state index contributed by atoms with van der Waals surface area (Å²) < 4.78 is 15.1. The summed E-state index contributed by atoms with van der Waals surface area (Å²) >= 11 is 0. The van der Waals surface area contributed by atoms with E-state index in [1.54, 1.807) is 11.5 Å². The second-order valence-corrected chi connectivity index (χ2v) is 7.66. The van der Waals surface area contributed by atoms with Crippen molar-refractivity contribution < 1.29 is 9.18 Å². The van der Waals surface area contributed by atoms with Crippen LogP contribution in [0.4, 0.5) is 4.39 Å². The van der Waals surface area contributed by atoms with Crippen molar-refractivity contribution in [2.75, 3.05) is 19.6 Å². The molecule has 7 heteroatoms. The Labute approximate surface area is 157 Å². The fourth-order valence-electron chi connectivity index (χ4n) is 4.33. The van der Waals surface area contributed by atoms with Gasteiger partial charge in [0.2, 0.25) is 5.91 Å². The number of carbonyl (C=O) groups excluding carboxylic acids is 1. The lowest BCUT2D eigenvalue weighted by Crippen LogP contribution is -2.52. The maximum atomic E-state index is 13.4. The van der Waals surface area contributed by atoms with Crippen LogP contribution in [0.15, 0.2) is 23.0 Å². The predicted molar refractivity (Wildman–Crippen MR) is 101 cm³/mol. The number of benzene rings is 1. The van der Waals surface area contributed by atoms with E-state index in [2.05, 4.69) is 15.2 Å². The third kappa shape index (κ3) is 3.60. The van der Waals surface area contributed by atoms with E-state index in [9.17, 15) is 14.0 Å². The van der Waals surface area contributed by atoms with Crippen LogP contribution in [0.3, 0.4) is 0 Å². The molecule has 0 bridgehead atoms. The highest BCUT2D eigenvalue weighted by atomic mass is 19.1. The van der Waals surface area contributed by atoms with Crippen molar-refractivity contribution in [1.29, 1.82) is 0 Å². The minimum absolute atomic E-state index is 0.00129. The van der Waals surface area contributed by atoms with Crippen LogP contribution in [0.2, 0.25) is 0 Å². The zero-order valence-corrected chi connectivity index (χ0v) is 15.6. The molecule has 0 aliphatic carbocycles. The van der Waals surface area contributed by atoms with Crippen LogP contribution in [0.25, 0.3) is 10.9 Å². The average Bonchev–Trinajstić information content (AvgIpc) is 2.66. The van der Waals surface area contributed by atoms with Gasteiger partial charge in [-0.1, -0.05) is 0 Å². The van der Waals surface area contributed by atoms with Crippen molar-refractivity contribution in [2.24, 2.45) is 5.92 Å². The molecule has 0 radical (unpaired) electrons. The molecule has 0 saturated carbocycles. The van der Waals surface area contributed by atoms with E-state index in [0.29, 0.717) is 29.2 Å². The molecule has 1 amide bonds. The van der Waals surface area contributed by atoms with Crippen LogP contribution in [0, 0.1) is 18.7 Å². The van der Waals surface area contributed by atoms with Gasteiger partial charge in [0.05, 0.1) is 16.9 Å². The standard InChI is InChI=1S/C20H25FN4O2/c1-13-23-17-11-15(21)4-5-16(17)20(27)25(13)12-14-6-9-24(10-7-14)18-3-2-8-22-19(18)26/h4-5,11,14,18H,2-3,6-10,12H2,1H3,(H,22,26). The summed E-state index contributed by atoms with van der Waals surface area (Å²) in [6, 6.07) is 4.13. The summed E-state index contributed by atoms with van der Waals surface area (Å²) in [4.78, 5) is 31.6. The fourth-order valence-corrected chi connectivity index (χ4v) is 4.33. The summed E-state index contributed by atoms with van der Waals surface area (Å²) in [6.07, 6.45) is 3.88. The highest BCUT2D eigenvalue weighted by Crippen LogP contribution is 2.23. The predicted octanol–water partition coefficient (Wildman–Crippen LogP) is 1.83. The number of rotatable bonds is 3. The Kier molecular flexibility index (Phi) is 4.95. The molecule has 1 aromatic carbocycles. The Hall–Kier alpha value is -2.28. The smallest absolute Gasteiger partial charge is 0.261 e. The normalized spacial score (nSPS) is 22.1. The number of carbonyl (C=O) groups is 1. The van der Waals surface area contributed by atoms with E-state index in [1.807, 2.05) is 0 Å². The molecule has 144 valence electrons. The summed E-state index contributed by atoms with van der Waals surface area (Å²) in [5.74, 6) is 0.764. The Morgan fingerprint density at radius 2 is 2.00 bits per heavy atom.